The number of nitrogens with one attached hydrogen (secondary N) is 2. The molecule has 1 aromatic rings. The number of carbonyl (C=O) groups is 1. The first kappa shape index (κ1) is 23.6. The maximum Gasteiger partial charge on any atom is 0.243 e. The minimum Gasteiger partial charge on any atom is -0.356 e. The monoisotopic (exact) mass is 465 g/mol. The van der Waals surface area contributed by atoms with Gasteiger partial charge in [-0.3, -0.25) is 4.79 Å². The molecule has 0 saturated carbocycles. The van der Waals surface area contributed by atoms with Crippen LogP contribution in [0.5, 0.6) is 0 Å². The van der Waals surface area contributed by atoms with Crippen LogP contribution in [0.15, 0.2) is 11.3 Å². The number of nitrogens with zero attached hydrogens (tertiary/aromatic N) is 5. The predicted molar refractivity (Wildman–Crippen MR) is 111 cm³/mol. The first-order valence-corrected chi connectivity index (χ1v) is 8.53. The third-order valence-corrected chi connectivity index (χ3v) is 3.54. The summed E-state index contributed by atoms with van der Waals surface area (Å²) in [5.41, 5.74) is 0. The van der Waals surface area contributed by atoms with Crippen LogP contribution in [0.2, 0.25) is 0 Å². The van der Waals surface area contributed by atoms with Crippen molar-refractivity contribution in [2.45, 2.75) is 40.2 Å². The zero-order valence-corrected chi connectivity index (χ0v) is 18.3. The number of aryl methyl sites for hydroxylation is 1. The van der Waals surface area contributed by atoms with Gasteiger partial charge in [-0.15, -0.1) is 34.2 Å². The van der Waals surface area contributed by atoms with Crippen molar-refractivity contribution < 1.29 is 4.79 Å². The van der Waals surface area contributed by atoms with E-state index in [-0.39, 0.29) is 36.4 Å². The molecule has 0 bridgehead atoms. The molecule has 0 aromatic carbocycles. The number of hydrogen-bond donors (Lipinski definition) is 2. The number of rotatable bonds is 9. The van der Waals surface area contributed by atoms with Crippen molar-refractivity contribution in [1.82, 2.24) is 30.3 Å². The van der Waals surface area contributed by atoms with Gasteiger partial charge < -0.3 is 20.1 Å². The molecule has 0 aliphatic heterocycles. The number of aliphatic imine (C=N–C) groups is 1. The maximum absolute atomic E-state index is 11.7. The fourth-order valence-corrected chi connectivity index (χ4v) is 1.98. The van der Waals surface area contributed by atoms with Gasteiger partial charge >= 0.3 is 0 Å². The molecule has 0 spiro atoms. The van der Waals surface area contributed by atoms with E-state index in [4.69, 9.17) is 0 Å². The zero-order chi connectivity index (χ0) is 17.9. The molecule has 1 amide bonds. The summed E-state index contributed by atoms with van der Waals surface area (Å²) >= 11 is 0. The van der Waals surface area contributed by atoms with Gasteiger partial charge in [0.15, 0.2) is 5.96 Å². The van der Waals surface area contributed by atoms with Gasteiger partial charge in [-0.25, -0.2) is 4.99 Å². The van der Waals surface area contributed by atoms with Crippen molar-refractivity contribution in [2.24, 2.45) is 10.9 Å². The summed E-state index contributed by atoms with van der Waals surface area (Å²) in [4.78, 5) is 17.6. The van der Waals surface area contributed by atoms with Gasteiger partial charge in [0.25, 0.3) is 0 Å². The van der Waals surface area contributed by atoms with E-state index >= 15 is 0 Å². The molecular formula is C16H32IN7O. The molecule has 2 N–H and O–H groups in total. The quantitative estimate of drug-likeness (QED) is 0.325. The number of carbonyl (C=O) groups excluding carboxylic acids is 1. The normalized spacial score (nSPS) is 11.2. The van der Waals surface area contributed by atoms with E-state index in [2.05, 4.69) is 46.6 Å². The molecule has 8 nitrogen and oxygen atoms in total. The fraction of sp³-hybridized carbons (Fsp3) is 0.750. The first-order chi connectivity index (χ1) is 11.4. The Morgan fingerprint density at radius 3 is 2.60 bits per heavy atom. The molecular weight excluding hydrogens is 433 g/mol. The minimum atomic E-state index is -0.0213. The zero-order valence-electron chi connectivity index (χ0n) is 15.9. The molecule has 0 fully saturated rings. The molecule has 0 saturated heterocycles. The third kappa shape index (κ3) is 9.61. The van der Waals surface area contributed by atoms with Gasteiger partial charge in [-0.05, 0) is 12.3 Å². The Labute approximate surface area is 167 Å². The third-order valence-electron chi connectivity index (χ3n) is 3.54. The lowest BCUT2D eigenvalue weighted by molar-refractivity contribution is -0.127. The highest BCUT2D eigenvalue weighted by molar-refractivity contribution is 14.0. The molecule has 0 atom stereocenters. The first-order valence-electron chi connectivity index (χ1n) is 8.53. The molecule has 1 heterocycles. The molecule has 0 radical (unpaired) electrons. The summed E-state index contributed by atoms with van der Waals surface area (Å²) in [5.74, 6) is 2.22. The van der Waals surface area contributed by atoms with Crippen LogP contribution in [-0.4, -0.2) is 65.3 Å². The number of halogens is 1. The van der Waals surface area contributed by atoms with Crippen LogP contribution < -0.4 is 10.6 Å². The summed E-state index contributed by atoms with van der Waals surface area (Å²) in [6, 6.07) is 0. The van der Waals surface area contributed by atoms with Gasteiger partial charge in [-0.1, -0.05) is 20.8 Å². The molecule has 0 aliphatic carbocycles. The van der Waals surface area contributed by atoms with Crippen molar-refractivity contribution in [3.63, 3.8) is 0 Å². The highest BCUT2D eigenvalue weighted by atomic mass is 127. The average Bonchev–Trinajstić information content (AvgIpc) is 2.98. The standard InChI is InChI=1S/C16H31N7O.HI/c1-6-14-21-20-12-23(14)10-9-18-16(17-8-7-13(2)3)19-11-15(24)22(4)5;/h12-13H,6-11H2,1-5H3,(H2,17,18,19);1H. The molecule has 0 unspecified atom stereocenters. The summed E-state index contributed by atoms with van der Waals surface area (Å²) in [6.07, 6.45) is 3.64. The van der Waals surface area contributed by atoms with Crippen LogP contribution in [0.1, 0.15) is 33.0 Å². The Morgan fingerprint density at radius 2 is 2.00 bits per heavy atom. The van der Waals surface area contributed by atoms with Crippen LogP contribution in [0.25, 0.3) is 0 Å². The highest BCUT2D eigenvalue weighted by Crippen LogP contribution is 1.97. The predicted octanol–water partition coefficient (Wildman–Crippen LogP) is 1.13. The Bertz CT molecular complexity index is 528. The van der Waals surface area contributed by atoms with Gasteiger partial charge in [-0.2, -0.15) is 0 Å². The Morgan fingerprint density at radius 1 is 1.32 bits per heavy atom. The van der Waals surface area contributed by atoms with Crippen molar-refractivity contribution >= 4 is 35.8 Å². The van der Waals surface area contributed by atoms with Crippen LogP contribution in [0, 0.1) is 5.92 Å². The van der Waals surface area contributed by atoms with Gasteiger partial charge in [0, 0.05) is 40.2 Å². The number of guanidine groups is 1. The Balaban J connectivity index is 0.00000576. The van der Waals surface area contributed by atoms with Crippen LogP contribution in [-0.2, 0) is 17.8 Å². The maximum atomic E-state index is 11.7. The lowest BCUT2D eigenvalue weighted by atomic mass is 10.1. The largest absolute Gasteiger partial charge is 0.356 e. The second kappa shape index (κ2) is 12.9. The second-order valence-electron chi connectivity index (χ2n) is 6.28. The van der Waals surface area contributed by atoms with E-state index < -0.39 is 0 Å². The number of amides is 1. The van der Waals surface area contributed by atoms with E-state index in [0.717, 1.165) is 31.8 Å². The molecule has 1 rings (SSSR count). The van der Waals surface area contributed by atoms with E-state index in [1.165, 1.54) is 0 Å². The molecule has 144 valence electrons. The van der Waals surface area contributed by atoms with Crippen molar-refractivity contribution in [3.05, 3.63) is 12.2 Å². The molecule has 25 heavy (non-hydrogen) atoms. The Hall–Kier alpha value is -1.39. The summed E-state index contributed by atoms with van der Waals surface area (Å²) < 4.78 is 2.02. The molecule has 9 heteroatoms. The van der Waals surface area contributed by atoms with Crippen molar-refractivity contribution in [3.8, 4) is 0 Å². The lowest BCUT2D eigenvalue weighted by Gasteiger charge is -2.15. The summed E-state index contributed by atoms with van der Waals surface area (Å²) in [5, 5.41) is 14.5. The number of aromatic nitrogens is 3. The van der Waals surface area contributed by atoms with Crippen LogP contribution in [0.3, 0.4) is 0 Å². The summed E-state index contributed by atoms with van der Waals surface area (Å²) in [6.45, 7) is 8.82. The minimum absolute atomic E-state index is 0. The second-order valence-corrected chi connectivity index (χ2v) is 6.28. The average molecular weight is 465 g/mol. The molecule has 0 aliphatic rings. The van der Waals surface area contributed by atoms with Crippen LogP contribution >= 0.6 is 24.0 Å². The van der Waals surface area contributed by atoms with Crippen molar-refractivity contribution in [2.75, 3.05) is 33.7 Å². The highest BCUT2D eigenvalue weighted by Gasteiger charge is 2.06. The number of hydrogen-bond acceptors (Lipinski definition) is 4. The summed E-state index contributed by atoms with van der Waals surface area (Å²) in [7, 11) is 3.46. The van der Waals surface area contributed by atoms with Gasteiger partial charge in [0.05, 0.1) is 0 Å². The Kier molecular flexibility index (Phi) is 12.2. The van der Waals surface area contributed by atoms with E-state index in [9.17, 15) is 4.79 Å². The van der Waals surface area contributed by atoms with Crippen LogP contribution in [0.4, 0.5) is 0 Å². The smallest absolute Gasteiger partial charge is 0.243 e. The van der Waals surface area contributed by atoms with Gasteiger partial charge in [0.2, 0.25) is 5.91 Å². The number of likely N-dealkylation sites (N-methyl/N-ethyl adjacent to an activating group) is 1. The van der Waals surface area contributed by atoms with E-state index in [1.54, 1.807) is 25.3 Å². The lowest BCUT2D eigenvalue weighted by Crippen LogP contribution is -2.40. The SMILES string of the molecule is CCc1nncn1CCNC(=NCC(=O)N(C)C)NCCC(C)C.I. The fourth-order valence-electron chi connectivity index (χ4n) is 1.98. The van der Waals surface area contributed by atoms with E-state index in [1.807, 2.05) is 4.57 Å². The van der Waals surface area contributed by atoms with Gasteiger partial charge in [0.1, 0.15) is 18.7 Å². The van der Waals surface area contributed by atoms with E-state index in [0.29, 0.717) is 18.4 Å². The topological polar surface area (TPSA) is 87.4 Å². The van der Waals surface area contributed by atoms with Crippen molar-refractivity contribution in [1.29, 1.82) is 0 Å². The molecule has 1 aromatic heterocycles.